The summed E-state index contributed by atoms with van der Waals surface area (Å²) in [4.78, 5) is 0. The van der Waals surface area contributed by atoms with Crippen LogP contribution in [0.5, 0.6) is 0 Å². The molecule has 0 spiro atoms. The molecule has 0 aromatic heterocycles. The molecule has 0 bridgehead atoms. The minimum atomic E-state index is -0.172. The van der Waals surface area contributed by atoms with Crippen molar-refractivity contribution in [3.63, 3.8) is 0 Å². The minimum absolute atomic E-state index is 0.102. The minimum Gasteiger partial charge on any atom is -0.379 e. The fourth-order valence-electron chi connectivity index (χ4n) is 1.88. The highest BCUT2D eigenvalue weighted by molar-refractivity contribution is 4.77. The topological polar surface area (TPSA) is 39.7 Å². The summed E-state index contributed by atoms with van der Waals surface area (Å²) in [5, 5.41) is 3.53. The molecule has 0 aromatic rings. The van der Waals surface area contributed by atoms with E-state index < -0.39 is 0 Å². The van der Waals surface area contributed by atoms with Crippen LogP contribution in [0, 0.1) is 0 Å². The van der Waals surface area contributed by atoms with Crippen molar-refractivity contribution in [3.8, 4) is 0 Å². The Bertz CT molecular complexity index is 204. The summed E-state index contributed by atoms with van der Waals surface area (Å²) in [7, 11) is 1.76. The van der Waals surface area contributed by atoms with E-state index in [1.54, 1.807) is 7.11 Å². The molecule has 0 radical (unpaired) electrons. The van der Waals surface area contributed by atoms with Crippen molar-refractivity contribution in [2.75, 3.05) is 26.9 Å². The Morgan fingerprint density at radius 3 is 2.05 bits per heavy atom. The van der Waals surface area contributed by atoms with Gasteiger partial charge < -0.3 is 19.5 Å². The van der Waals surface area contributed by atoms with Crippen molar-refractivity contribution in [2.45, 2.75) is 71.8 Å². The lowest BCUT2D eigenvalue weighted by molar-refractivity contribution is -0.156. The summed E-state index contributed by atoms with van der Waals surface area (Å²) in [6.07, 6.45) is 2.89. The van der Waals surface area contributed by atoms with Crippen LogP contribution in [0.1, 0.15) is 53.9 Å². The predicted molar refractivity (Wildman–Crippen MR) is 79.4 cm³/mol. The van der Waals surface area contributed by atoms with E-state index in [0.717, 1.165) is 25.8 Å². The number of rotatable bonds is 12. The Morgan fingerprint density at radius 1 is 1.05 bits per heavy atom. The average Bonchev–Trinajstić information content (AvgIpc) is 2.39. The van der Waals surface area contributed by atoms with E-state index in [0.29, 0.717) is 13.2 Å². The highest BCUT2D eigenvalue weighted by Crippen LogP contribution is 2.19. The molecule has 0 rings (SSSR count). The third kappa shape index (κ3) is 8.58. The maximum Gasteiger partial charge on any atom is 0.172 e. The summed E-state index contributed by atoms with van der Waals surface area (Å²) in [6.45, 7) is 12.7. The molecule has 0 aliphatic rings. The molecule has 0 fully saturated rings. The van der Waals surface area contributed by atoms with Gasteiger partial charge in [-0.25, -0.2) is 0 Å². The normalized spacial score (nSPS) is 14.1. The fourth-order valence-corrected chi connectivity index (χ4v) is 1.88. The molecule has 116 valence electrons. The third-order valence-corrected chi connectivity index (χ3v) is 3.26. The van der Waals surface area contributed by atoms with Gasteiger partial charge in [-0.15, -0.1) is 0 Å². The van der Waals surface area contributed by atoms with Crippen LogP contribution < -0.4 is 5.32 Å². The summed E-state index contributed by atoms with van der Waals surface area (Å²) in [5.41, 5.74) is -0.102. The zero-order chi connectivity index (χ0) is 14.7. The Morgan fingerprint density at radius 2 is 1.63 bits per heavy atom. The summed E-state index contributed by atoms with van der Waals surface area (Å²) >= 11 is 0. The van der Waals surface area contributed by atoms with Gasteiger partial charge in [0, 0.05) is 20.3 Å². The molecule has 0 saturated heterocycles. The van der Waals surface area contributed by atoms with E-state index in [1.807, 2.05) is 13.8 Å². The second-order valence-corrected chi connectivity index (χ2v) is 5.34. The maximum atomic E-state index is 5.71. The van der Waals surface area contributed by atoms with Crippen LogP contribution in [0.25, 0.3) is 0 Å². The quantitative estimate of drug-likeness (QED) is 0.556. The molecular weight excluding hydrogens is 242 g/mol. The molecule has 0 aliphatic carbocycles. The molecule has 0 amide bonds. The van der Waals surface area contributed by atoms with E-state index in [4.69, 9.17) is 14.2 Å². The molecule has 0 heterocycles. The van der Waals surface area contributed by atoms with E-state index in [2.05, 4.69) is 26.1 Å². The summed E-state index contributed by atoms with van der Waals surface area (Å²) < 4.78 is 16.9. The lowest BCUT2D eigenvalue weighted by Gasteiger charge is -2.31. The van der Waals surface area contributed by atoms with Gasteiger partial charge in [0.15, 0.2) is 6.29 Å². The van der Waals surface area contributed by atoms with Gasteiger partial charge in [0.25, 0.3) is 0 Å². The van der Waals surface area contributed by atoms with Gasteiger partial charge in [-0.2, -0.15) is 0 Å². The van der Waals surface area contributed by atoms with Crippen LogP contribution in [0.15, 0.2) is 0 Å². The van der Waals surface area contributed by atoms with Crippen LogP contribution >= 0.6 is 0 Å². The van der Waals surface area contributed by atoms with Crippen LogP contribution in [-0.2, 0) is 14.2 Å². The first-order valence-corrected chi connectivity index (χ1v) is 7.52. The van der Waals surface area contributed by atoms with Crippen LogP contribution in [0.3, 0.4) is 0 Å². The van der Waals surface area contributed by atoms with Gasteiger partial charge in [-0.3, -0.25) is 0 Å². The zero-order valence-corrected chi connectivity index (χ0v) is 13.6. The van der Waals surface area contributed by atoms with Gasteiger partial charge in [-0.1, -0.05) is 6.92 Å². The second kappa shape index (κ2) is 10.6. The van der Waals surface area contributed by atoms with Crippen molar-refractivity contribution >= 4 is 0 Å². The molecule has 0 saturated carbocycles. The van der Waals surface area contributed by atoms with Crippen molar-refractivity contribution in [1.82, 2.24) is 5.32 Å². The second-order valence-electron chi connectivity index (χ2n) is 5.34. The van der Waals surface area contributed by atoms with Crippen molar-refractivity contribution in [3.05, 3.63) is 0 Å². The first-order valence-electron chi connectivity index (χ1n) is 7.52. The Labute approximate surface area is 119 Å². The van der Waals surface area contributed by atoms with Gasteiger partial charge >= 0.3 is 0 Å². The number of hydrogen-bond acceptors (Lipinski definition) is 4. The molecule has 0 aliphatic heterocycles. The molecule has 4 nitrogen and oxygen atoms in total. The third-order valence-electron chi connectivity index (χ3n) is 3.26. The first kappa shape index (κ1) is 18.8. The number of methoxy groups -OCH3 is 1. The van der Waals surface area contributed by atoms with E-state index in [-0.39, 0.29) is 17.9 Å². The Balaban J connectivity index is 4.47. The number of hydrogen-bond donors (Lipinski definition) is 1. The first-order chi connectivity index (χ1) is 9.00. The zero-order valence-electron chi connectivity index (χ0n) is 13.6. The molecule has 19 heavy (non-hydrogen) atoms. The van der Waals surface area contributed by atoms with Gasteiger partial charge in [0.1, 0.15) is 0 Å². The van der Waals surface area contributed by atoms with Crippen molar-refractivity contribution in [1.29, 1.82) is 0 Å². The van der Waals surface area contributed by atoms with Crippen LogP contribution in [0.4, 0.5) is 0 Å². The summed E-state index contributed by atoms with van der Waals surface area (Å²) in [6, 6.07) is 0.217. The molecular formula is C15H33NO3. The highest BCUT2D eigenvalue weighted by Gasteiger charge is 2.25. The molecule has 1 atom stereocenters. The van der Waals surface area contributed by atoms with Gasteiger partial charge in [0.2, 0.25) is 0 Å². The van der Waals surface area contributed by atoms with E-state index >= 15 is 0 Å². The monoisotopic (exact) mass is 275 g/mol. The fraction of sp³-hybridized carbons (Fsp3) is 1.00. The Hall–Kier alpha value is -0.160. The van der Waals surface area contributed by atoms with Gasteiger partial charge in [-0.05, 0) is 53.5 Å². The SMILES string of the molecule is CCCNC(CCC(C)(C)OC)C(OCC)OCC. The lowest BCUT2D eigenvalue weighted by atomic mass is 9.98. The average molecular weight is 275 g/mol. The molecule has 1 N–H and O–H groups in total. The van der Waals surface area contributed by atoms with E-state index in [1.165, 1.54) is 0 Å². The van der Waals surface area contributed by atoms with E-state index in [9.17, 15) is 0 Å². The lowest BCUT2D eigenvalue weighted by Crippen LogP contribution is -2.44. The standard InChI is InChI=1S/C15H33NO3/c1-7-12-16-13(10-11-15(4,5)17-6)14(18-8-2)19-9-3/h13-14,16H,7-12H2,1-6H3. The Kier molecular flexibility index (Phi) is 10.5. The van der Waals surface area contributed by atoms with Crippen molar-refractivity contribution in [2.24, 2.45) is 0 Å². The maximum absolute atomic E-state index is 5.71. The largest absolute Gasteiger partial charge is 0.379 e. The van der Waals surface area contributed by atoms with Crippen LogP contribution in [0.2, 0.25) is 0 Å². The number of ether oxygens (including phenoxy) is 3. The van der Waals surface area contributed by atoms with Gasteiger partial charge in [0.05, 0.1) is 11.6 Å². The molecule has 1 unspecified atom stereocenters. The molecule has 0 aromatic carbocycles. The number of nitrogens with one attached hydrogen (secondary N) is 1. The van der Waals surface area contributed by atoms with Crippen LogP contribution in [-0.4, -0.2) is 44.8 Å². The molecule has 4 heteroatoms. The predicted octanol–water partition coefficient (Wildman–Crippen LogP) is 2.96. The highest BCUT2D eigenvalue weighted by atomic mass is 16.7. The van der Waals surface area contributed by atoms with Crippen molar-refractivity contribution < 1.29 is 14.2 Å². The summed E-state index contributed by atoms with van der Waals surface area (Å²) in [5.74, 6) is 0. The smallest absolute Gasteiger partial charge is 0.172 e.